The minimum absolute atomic E-state index is 0. The van der Waals surface area contributed by atoms with E-state index < -0.39 is 0 Å². The van der Waals surface area contributed by atoms with Crippen LogP contribution in [0.3, 0.4) is 0 Å². The van der Waals surface area contributed by atoms with Crippen LogP contribution in [0.1, 0.15) is 30.0 Å². The monoisotopic (exact) mass is 124 g/mol. The summed E-state index contributed by atoms with van der Waals surface area (Å²) in [4.78, 5) is 0. The predicted molar refractivity (Wildman–Crippen MR) is 42.2 cm³/mol. The summed E-state index contributed by atoms with van der Waals surface area (Å²) in [6.07, 6.45) is 1.17. The zero-order chi connectivity index (χ0) is 5.86. The van der Waals surface area contributed by atoms with Crippen molar-refractivity contribution >= 4 is 23.1 Å². The standard InChI is InChI=1S/C7H14.Mg.2H/c1-6(2)5-7(3)4;;;/h7H,1,5H2,2-4H3;;;/q;+2;2*-1. The molecule has 0 radical (unpaired) electrons. The van der Waals surface area contributed by atoms with Gasteiger partial charge in [0.1, 0.15) is 0 Å². The second-order valence-electron chi connectivity index (χ2n) is 2.56. The molecule has 0 saturated heterocycles. The number of hydrogen-bond donors (Lipinski definition) is 0. The van der Waals surface area contributed by atoms with Gasteiger partial charge in [0.05, 0.1) is 0 Å². The Morgan fingerprint density at radius 3 is 2.00 bits per heavy atom. The molecular weight excluding hydrogens is 108 g/mol. The molecule has 0 aliphatic heterocycles. The van der Waals surface area contributed by atoms with E-state index in [-0.39, 0.29) is 25.9 Å². The number of allylic oxidation sites excluding steroid dienone is 1. The summed E-state index contributed by atoms with van der Waals surface area (Å²) in [5, 5.41) is 0. The van der Waals surface area contributed by atoms with Gasteiger partial charge in [-0.15, -0.1) is 6.58 Å². The average molecular weight is 125 g/mol. The summed E-state index contributed by atoms with van der Waals surface area (Å²) >= 11 is 0. The van der Waals surface area contributed by atoms with Gasteiger partial charge >= 0.3 is 23.1 Å². The minimum atomic E-state index is 0. The topological polar surface area (TPSA) is 0 Å². The zero-order valence-electron chi connectivity index (χ0n) is 8.20. The van der Waals surface area contributed by atoms with Gasteiger partial charge in [-0.3, -0.25) is 0 Å². The van der Waals surface area contributed by atoms with E-state index >= 15 is 0 Å². The average Bonchev–Trinajstić information content (AvgIpc) is 1.27. The molecule has 0 unspecified atom stereocenters. The van der Waals surface area contributed by atoms with Crippen molar-refractivity contribution in [1.82, 2.24) is 0 Å². The quantitative estimate of drug-likeness (QED) is 0.392. The first-order chi connectivity index (χ1) is 3.13. The largest absolute Gasteiger partial charge is 2.00 e. The van der Waals surface area contributed by atoms with Crippen molar-refractivity contribution in [3.8, 4) is 0 Å². The molecule has 0 nitrogen and oxygen atoms in total. The molecule has 0 aromatic heterocycles. The third-order valence-corrected chi connectivity index (χ3v) is 0.757. The molecule has 0 aromatic rings. The first-order valence-corrected chi connectivity index (χ1v) is 2.77. The van der Waals surface area contributed by atoms with E-state index in [0.29, 0.717) is 0 Å². The van der Waals surface area contributed by atoms with Gasteiger partial charge in [0.25, 0.3) is 0 Å². The fourth-order valence-electron chi connectivity index (χ4n) is 0.697. The van der Waals surface area contributed by atoms with E-state index in [1.54, 1.807) is 0 Å². The van der Waals surface area contributed by atoms with Crippen LogP contribution in [0.2, 0.25) is 0 Å². The maximum Gasteiger partial charge on any atom is 2.00 e. The maximum atomic E-state index is 3.80. The molecule has 8 heavy (non-hydrogen) atoms. The van der Waals surface area contributed by atoms with Crippen LogP contribution < -0.4 is 0 Å². The van der Waals surface area contributed by atoms with E-state index in [1.807, 2.05) is 0 Å². The van der Waals surface area contributed by atoms with Gasteiger partial charge in [-0.2, -0.15) is 0 Å². The Hall–Kier alpha value is 0.506. The van der Waals surface area contributed by atoms with Gasteiger partial charge in [0, 0.05) is 0 Å². The first kappa shape index (κ1) is 11.3. The van der Waals surface area contributed by atoms with Crippen LogP contribution in [-0.4, -0.2) is 23.1 Å². The summed E-state index contributed by atoms with van der Waals surface area (Å²) in [6.45, 7) is 10.3. The first-order valence-electron chi connectivity index (χ1n) is 2.77. The van der Waals surface area contributed by atoms with E-state index in [9.17, 15) is 0 Å². The van der Waals surface area contributed by atoms with Crippen molar-refractivity contribution in [2.24, 2.45) is 5.92 Å². The molecule has 0 bridgehead atoms. The molecule has 0 fully saturated rings. The van der Waals surface area contributed by atoms with Crippen LogP contribution in [0.15, 0.2) is 12.2 Å². The predicted octanol–water partition coefficient (Wildman–Crippen LogP) is 2.45. The number of rotatable bonds is 2. The second-order valence-corrected chi connectivity index (χ2v) is 2.56. The molecule has 0 heterocycles. The molecule has 0 aliphatic rings. The molecule has 1 heteroatoms. The Morgan fingerprint density at radius 2 is 2.00 bits per heavy atom. The van der Waals surface area contributed by atoms with E-state index in [2.05, 4.69) is 27.4 Å². The normalized spacial score (nSPS) is 8.50. The van der Waals surface area contributed by atoms with Crippen LogP contribution in [0.25, 0.3) is 0 Å². The zero-order valence-corrected chi connectivity index (χ0v) is 7.61. The smallest absolute Gasteiger partial charge is 1.00 e. The van der Waals surface area contributed by atoms with Gasteiger partial charge in [-0.1, -0.05) is 19.4 Å². The fourth-order valence-corrected chi connectivity index (χ4v) is 0.697. The van der Waals surface area contributed by atoms with Crippen LogP contribution in [0.4, 0.5) is 0 Å². The van der Waals surface area contributed by atoms with Crippen molar-refractivity contribution in [1.29, 1.82) is 0 Å². The maximum absolute atomic E-state index is 3.80. The Morgan fingerprint density at radius 1 is 1.62 bits per heavy atom. The van der Waals surface area contributed by atoms with Crippen molar-refractivity contribution in [2.75, 3.05) is 0 Å². The Bertz CT molecular complexity index is 72.0. The van der Waals surface area contributed by atoms with Crippen LogP contribution >= 0.6 is 0 Å². The molecule has 0 aliphatic carbocycles. The van der Waals surface area contributed by atoms with Crippen molar-refractivity contribution < 1.29 is 2.85 Å². The molecule has 0 spiro atoms. The molecule has 0 atom stereocenters. The summed E-state index contributed by atoms with van der Waals surface area (Å²) in [5.74, 6) is 0.775. The molecule has 0 amide bonds. The summed E-state index contributed by atoms with van der Waals surface area (Å²) in [6, 6.07) is 0. The van der Waals surface area contributed by atoms with Crippen molar-refractivity contribution in [3.63, 3.8) is 0 Å². The Kier molecular flexibility index (Phi) is 7.98. The summed E-state index contributed by atoms with van der Waals surface area (Å²) < 4.78 is 0. The van der Waals surface area contributed by atoms with Gasteiger partial charge in [0.15, 0.2) is 0 Å². The van der Waals surface area contributed by atoms with Crippen LogP contribution in [0.5, 0.6) is 0 Å². The van der Waals surface area contributed by atoms with Gasteiger partial charge in [-0.25, -0.2) is 0 Å². The van der Waals surface area contributed by atoms with Gasteiger partial charge < -0.3 is 2.85 Å². The molecular formula is C7H16Mg. The van der Waals surface area contributed by atoms with Gasteiger partial charge in [-0.05, 0) is 19.3 Å². The minimum Gasteiger partial charge on any atom is -1.00 e. The van der Waals surface area contributed by atoms with Gasteiger partial charge in [0.2, 0.25) is 0 Å². The Balaban J connectivity index is -0.0000000600. The molecule has 0 rings (SSSR count). The van der Waals surface area contributed by atoms with Crippen LogP contribution in [0, 0.1) is 5.92 Å². The fraction of sp³-hybridized carbons (Fsp3) is 0.714. The Labute approximate surface area is 71.5 Å². The molecule has 0 N–H and O–H groups in total. The number of hydrogen-bond acceptors (Lipinski definition) is 0. The SMILES string of the molecule is C=C(C)CC(C)C.[H-].[H-].[Mg+2]. The van der Waals surface area contributed by atoms with E-state index in [4.69, 9.17) is 0 Å². The summed E-state index contributed by atoms with van der Waals surface area (Å²) in [5.41, 5.74) is 1.29. The molecule has 46 valence electrons. The molecule has 0 saturated carbocycles. The third-order valence-electron chi connectivity index (χ3n) is 0.757. The second kappa shape index (κ2) is 5.64. The third kappa shape index (κ3) is 9.71. The van der Waals surface area contributed by atoms with E-state index in [1.165, 1.54) is 12.0 Å². The van der Waals surface area contributed by atoms with Crippen LogP contribution in [-0.2, 0) is 0 Å². The van der Waals surface area contributed by atoms with E-state index in [0.717, 1.165) is 5.92 Å². The van der Waals surface area contributed by atoms with Crippen molar-refractivity contribution in [3.05, 3.63) is 12.2 Å². The van der Waals surface area contributed by atoms with Crippen molar-refractivity contribution in [2.45, 2.75) is 27.2 Å². The summed E-state index contributed by atoms with van der Waals surface area (Å²) in [7, 11) is 0. The molecule has 0 aromatic carbocycles.